The van der Waals surface area contributed by atoms with Gasteiger partial charge < -0.3 is 13.3 Å². The predicted molar refractivity (Wildman–Crippen MR) is 405 cm³/mol. The summed E-state index contributed by atoms with van der Waals surface area (Å²) >= 11 is 0. The van der Waals surface area contributed by atoms with E-state index < -0.39 is 5.41 Å². The highest BCUT2D eigenvalue weighted by atomic mass is 16.3. The molecule has 0 bridgehead atoms. The zero-order chi connectivity index (χ0) is 66.1. The van der Waals surface area contributed by atoms with Crippen LogP contribution in [0.25, 0.3) is 121 Å². The van der Waals surface area contributed by atoms with Gasteiger partial charge in [0.25, 0.3) is 0 Å². The predicted octanol–water partition coefficient (Wildman–Crippen LogP) is 25.2. The van der Waals surface area contributed by atoms with E-state index >= 15 is 0 Å². The van der Waals surface area contributed by atoms with Crippen molar-refractivity contribution in [3.8, 4) is 44.5 Å². The topological polar surface area (TPSA) is 71.7 Å². The van der Waals surface area contributed by atoms with Gasteiger partial charge >= 0.3 is 0 Å². The number of hydrogen-bond acceptors (Lipinski definition) is 7. The summed E-state index contributed by atoms with van der Waals surface area (Å²) in [5.74, 6) is 1.60. The van der Waals surface area contributed by atoms with E-state index in [2.05, 4.69) is 302 Å². The molecule has 19 rings (SSSR count). The zero-order valence-electron chi connectivity index (χ0n) is 56.2. The van der Waals surface area contributed by atoms with Gasteiger partial charge in [-0.2, -0.15) is 0 Å². The molecule has 7 nitrogen and oxygen atoms in total. The summed E-state index contributed by atoms with van der Waals surface area (Å²) in [5, 5.41) is 8.50. The average Bonchev–Trinajstić information content (AvgIpc) is 1.49. The normalized spacial score (nSPS) is 14.0. The summed E-state index contributed by atoms with van der Waals surface area (Å²) in [6, 6.07) is 84.6. The van der Waals surface area contributed by atoms with Crippen LogP contribution in [0.4, 0.5) is 28.7 Å². The van der Waals surface area contributed by atoms with Crippen LogP contribution in [0.15, 0.2) is 280 Å². The third-order valence-corrected chi connectivity index (χ3v) is 21.3. The van der Waals surface area contributed by atoms with E-state index in [1.807, 2.05) is 18.5 Å². The average molecular weight is 1270 g/mol. The Balaban J connectivity index is 0.951. The highest BCUT2D eigenvalue weighted by Crippen LogP contribution is 2.68. The molecule has 5 aromatic heterocycles. The number of fused-ring (bicyclic) bond motifs is 22. The third-order valence-electron chi connectivity index (χ3n) is 21.3. The van der Waals surface area contributed by atoms with Gasteiger partial charge in [-0.25, -0.2) is 9.97 Å². The second-order valence-electron chi connectivity index (χ2n) is 29.2. The fourth-order valence-corrected chi connectivity index (χ4v) is 16.8. The summed E-state index contributed by atoms with van der Waals surface area (Å²) in [6.45, 7) is 18.1. The lowest BCUT2D eigenvalue weighted by atomic mass is 9.70. The molecule has 0 fully saturated rings. The summed E-state index contributed by atoms with van der Waals surface area (Å²) in [7, 11) is 0. The number of hydrogen-bond donors (Lipinski definition) is 0. The van der Waals surface area contributed by atoms with Crippen molar-refractivity contribution < 1.29 is 13.3 Å². The number of anilines is 5. The van der Waals surface area contributed by atoms with Crippen LogP contribution in [0.3, 0.4) is 0 Å². The molecule has 11 aromatic carbocycles. The lowest BCUT2D eigenvalue weighted by Gasteiger charge is -2.35. The number of pyridine rings is 2. The molecule has 5 heterocycles. The molecule has 7 heteroatoms. The highest BCUT2D eigenvalue weighted by Gasteiger charge is 2.54. The number of allylic oxidation sites excluding steroid dienone is 4. The van der Waals surface area contributed by atoms with Gasteiger partial charge in [-0.3, -0.25) is 9.80 Å². The van der Waals surface area contributed by atoms with Crippen LogP contribution in [0.1, 0.15) is 93.3 Å². The number of nitrogens with zero attached hydrogens (tertiary/aromatic N) is 4. The minimum atomic E-state index is -0.904. The first-order chi connectivity index (χ1) is 47.7. The SMILES string of the molecule is Cc1cnc(N(C2=CC=C(C(C)(C)C)CC2)c2cc3c(c4ccccc24)-c2c(cc(N(c4ccc(C(C)(C)C)cc4)c4ncc(C)cc4-c4cccc5c4oc4ccccc45)c4c2oc2ccccc24)C32c3ccccc3-c3ccccc32)c(-c2cccc3c2oc2ccccc23)c1. The largest absolute Gasteiger partial charge is 0.455 e. The Morgan fingerprint density at radius 2 is 0.837 bits per heavy atom. The van der Waals surface area contributed by atoms with E-state index in [0.29, 0.717) is 0 Å². The lowest BCUT2D eigenvalue weighted by Crippen LogP contribution is -2.27. The third kappa shape index (κ3) is 8.41. The first kappa shape index (κ1) is 57.9. The first-order valence-electron chi connectivity index (χ1n) is 34.3. The molecule has 3 aliphatic carbocycles. The zero-order valence-corrected chi connectivity index (χ0v) is 56.2. The number of rotatable bonds is 8. The summed E-state index contributed by atoms with van der Waals surface area (Å²) < 4.78 is 21.6. The first-order valence-corrected chi connectivity index (χ1v) is 34.3. The quantitative estimate of drug-likeness (QED) is 0.150. The molecule has 0 amide bonds. The van der Waals surface area contributed by atoms with Crippen molar-refractivity contribution >= 4 is 105 Å². The van der Waals surface area contributed by atoms with Crippen LogP contribution in [0.2, 0.25) is 0 Å². The molecule has 16 aromatic rings. The van der Waals surface area contributed by atoms with E-state index in [4.69, 9.17) is 23.2 Å². The molecule has 0 N–H and O–H groups in total. The van der Waals surface area contributed by atoms with Crippen molar-refractivity contribution in [2.45, 2.75) is 79.1 Å². The van der Waals surface area contributed by atoms with Gasteiger partial charge in [0, 0.05) is 83.9 Å². The smallest absolute Gasteiger partial charge is 0.145 e. The maximum atomic E-state index is 7.74. The summed E-state index contributed by atoms with van der Waals surface area (Å²) in [6.07, 6.45) is 10.5. The summed E-state index contributed by atoms with van der Waals surface area (Å²) in [4.78, 5) is 16.2. The number of furan rings is 3. The minimum absolute atomic E-state index is 0.00922. The fraction of sp³-hybridized carbons (Fsp3) is 0.143. The van der Waals surface area contributed by atoms with E-state index in [1.165, 1.54) is 39.0 Å². The van der Waals surface area contributed by atoms with Gasteiger partial charge in [0.2, 0.25) is 0 Å². The van der Waals surface area contributed by atoms with Crippen molar-refractivity contribution in [1.82, 2.24) is 9.97 Å². The number of para-hydroxylation sites is 5. The molecule has 0 saturated heterocycles. The molecule has 1 spiro atoms. The Kier molecular flexibility index (Phi) is 12.5. The van der Waals surface area contributed by atoms with Gasteiger partial charge in [0.1, 0.15) is 45.1 Å². The molecular formula is C91H70N4O3. The minimum Gasteiger partial charge on any atom is -0.455 e. The lowest BCUT2D eigenvalue weighted by molar-refractivity contribution is 0.479. The molecule has 0 saturated carbocycles. The molecule has 0 radical (unpaired) electrons. The molecular weight excluding hydrogens is 1200 g/mol. The molecule has 98 heavy (non-hydrogen) atoms. The number of benzene rings is 11. The van der Waals surface area contributed by atoms with Crippen molar-refractivity contribution in [3.63, 3.8) is 0 Å². The van der Waals surface area contributed by atoms with E-state index in [-0.39, 0.29) is 10.8 Å². The molecule has 0 atom stereocenters. The van der Waals surface area contributed by atoms with Crippen molar-refractivity contribution in [2.75, 3.05) is 9.80 Å². The van der Waals surface area contributed by atoms with E-state index in [9.17, 15) is 0 Å². The van der Waals surface area contributed by atoms with Crippen LogP contribution >= 0.6 is 0 Å². The van der Waals surface area contributed by atoms with Crippen LogP contribution in [-0.2, 0) is 10.8 Å². The van der Waals surface area contributed by atoms with Gasteiger partial charge in [-0.15, -0.1) is 0 Å². The van der Waals surface area contributed by atoms with Crippen LogP contribution in [0, 0.1) is 19.3 Å². The Morgan fingerprint density at radius 1 is 0.367 bits per heavy atom. The fourth-order valence-electron chi connectivity index (χ4n) is 16.8. The van der Waals surface area contributed by atoms with Gasteiger partial charge in [-0.1, -0.05) is 229 Å². The molecule has 0 unspecified atom stereocenters. The molecule has 3 aliphatic rings. The maximum absolute atomic E-state index is 7.74. The Morgan fingerprint density at radius 3 is 1.40 bits per heavy atom. The van der Waals surface area contributed by atoms with Crippen LogP contribution < -0.4 is 9.80 Å². The van der Waals surface area contributed by atoms with E-state index in [1.54, 1.807) is 0 Å². The second kappa shape index (κ2) is 21.2. The van der Waals surface area contributed by atoms with Crippen LogP contribution in [-0.4, -0.2) is 9.97 Å². The van der Waals surface area contributed by atoms with E-state index in [0.717, 1.165) is 174 Å². The van der Waals surface area contributed by atoms with Gasteiger partial charge in [0.05, 0.1) is 22.2 Å². The Labute approximate surface area is 569 Å². The second-order valence-corrected chi connectivity index (χ2v) is 29.2. The Bertz CT molecular complexity index is 6090. The van der Waals surface area contributed by atoms with Crippen molar-refractivity contribution in [1.29, 1.82) is 0 Å². The van der Waals surface area contributed by atoms with Crippen LogP contribution in [0.5, 0.6) is 0 Å². The highest BCUT2D eigenvalue weighted by molar-refractivity contribution is 6.24. The number of aromatic nitrogens is 2. The standard InChI is InChI=1S/C91H70N4O3/c1-53-47-70(67-32-21-30-65-62-26-13-18-36-78(62)96-84(65)67)87(92-51-53)94(57-43-39-55(40-44-57)89(3,4)5)76-49-74-81(64-28-10-9-25-61(64)76)83-75(91(74)72-34-16-11-23-59(72)60-24-12-17-35-73(60)91)50-77(82-69-29-15-20-38-80(69)98-86(82)83)95(58-45-41-56(42-46-58)90(6,7)8)88-71(48-54(2)52-93-88)68-33-22-31-66-63-27-14-19-37-79(63)97-85(66)68/h9-39,41-43,45-52H,40,44H2,1-8H3. The monoisotopic (exact) mass is 1270 g/mol. The molecule has 472 valence electrons. The summed E-state index contributed by atoms with van der Waals surface area (Å²) in [5.41, 5.74) is 26.0. The van der Waals surface area contributed by atoms with Crippen molar-refractivity contribution in [3.05, 3.63) is 305 Å². The number of aryl methyl sites for hydroxylation is 2. The Hall–Kier alpha value is -11.5. The van der Waals surface area contributed by atoms with Crippen molar-refractivity contribution in [2.24, 2.45) is 5.41 Å². The van der Waals surface area contributed by atoms with Gasteiger partial charge in [0.15, 0.2) is 0 Å². The maximum Gasteiger partial charge on any atom is 0.145 e. The van der Waals surface area contributed by atoms with Gasteiger partial charge in [-0.05, 0) is 159 Å². The molecule has 0 aliphatic heterocycles.